The second kappa shape index (κ2) is 13.0. The van der Waals surface area contributed by atoms with Gasteiger partial charge in [-0.3, -0.25) is 14.6 Å². The lowest BCUT2D eigenvalue weighted by atomic mass is 9.85. The standard InChI is InChI=1S/C33H38FN5O3S/c1-22-21-43-29(36-22)20-39(6)31(42)24-12-10-11-23(15-24)30(41)37-33(4,25-13-8-7-9-14-25)28(40)19-38(5)27-16-26(17-35-18-27)32(2,3)34/h7-18,21,28,40H,19-20H2,1-6H3,(H,37,41)/t28-,33+/m1/s1. The summed E-state index contributed by atoms with van der Waals surface area (Å²) in [6.45, 7) is 7.07. The van der Waals surface area contributed by atoms with Gasteiger partial charge in [0.25, 0.3) is 11.8 Å². The number of carbonyl (C=O) groups is 2. The van der Waals surface area contributed by atoms with E-state index in [9.17, 15) is 19.1 Å². The number of aliphatic hydroxyl groups is 1. The van der Waals surface area contributed by atoms with E-state index in [1.807, 2.05) is 42.6 Å². The molecule has 4 aromatic rings. The molecule has 0 fully saturated rings. The minimum Gasteiger partial charge on any atom is -0.388 e. The van der Waals surface area contributed by atoms with E-state index in [-0.39, 0.29) is 18.0 Å². The highest BCUT2D eigenvalue weighted by atomic mass is 32.1. The lowest BCUT2D eigenvalue weighted by Gasteiger charge is -2.38. The first-order valence-electron chi connectivity index (χ1n) is 14.0. The van der Waals surface area contributed by atoms with Gasteiger partial charge < -0.3 is 20.2 Å². The highest BCUT2D eigenvalue weighted by molar-refractivity contribution is 7.09. The molecule has 2 aromatic carbocycles. The molecule has 0 bridgehead atoms. The van der Waals surface area contributed by atoms with Gasteiger partial charge in [-0.05, 0) is 57.5 Å². The fourth-order valence-electron chi connectivity index (χ4n) is 4.71. The normalized spacial score (nSPS) is 13.6. The van der Waals surface area contributed by atoms with Crippen LogP contribution in [0.5, 0.6) is 0 Å². The smallest absolute Gasteiger partial charge is 0.253 e. The van der Waals surface area contributed by atoms with Crippen LogP contribution < -0.4 is 10.2 Å². The molecule has 0 aliphatic rings. The second-order valence-electron chi connectivity index (χ2n) is 11.4. The van der Waals surface area contributed by atoms with Gasteiger partial charge in [0.2, 0.25) is 0 Å². The van der Waals surface area contributed by atoms with Crippen molar-refractivity contribution in [2.75, 3.05) is 25.5 Å². The number of hydrogen-bond donors (Lipinski definition) is 2. The molecular formula is C33H38FN5O3S. The minimum atomic E-state index is -1.57. The van der Waals surface area contributed by atoms with Gasteiger partial charge in [-0.15, -0.1) is 11.3 Å². The maximum Gasteiger partial charge on any atom is 0.253 e. The highest BCUT2D eigenvalue weighted by Crippen LogP contribution is 2.30. The summed E-state index contributed by atoms with van der Waals surface area (Å²) >= 11 is 1.49. The zero-order valence-corrected chi connectivity index (χ0v) is 26.2. The van der Waals surface area contributed by atoms with E-state index in [1.54, 1.807) is 67.3 Å². The first-order chi connectivity index (χ1) is 20.3. The van der Waals surface area contributed by atoms with Gasteiger partial charge >= 0.3 is 0 Å². The van der Waals surface area contributed by atoms with Crippen LogP contribution in [0.2, 0.25) is 0 Å². The van der Waals surface area contributed by atoms with Gasteiger partial charge in [0.1, 0.15) is 10.7 Å². The molecule has 2 aromatic heterocycles. The van der Waals surface area contributed by atoms with Crippen LogP contribution in [-0.4, -0.2) is 58.5 Å². The maximum absolute atomic E-state index is 14.6. The largest absolute Gasteiger partial charge is 0.388 e. The minimum absolute atomic E-state index is 0.114. The molecule has 43 heavy (non-hydrogen) atoms. The molecule has 0 aliphatic carbocycles. The molecule has 0 unspecified atom stereocenters. The number of halogens is 1. The molecule has 0 saturated heterocycles. The van der Waals surface area contributed by atoms with Crippen LogP contribution >= 0.6 is 11.3 Å². The van der Waals surface area contributed by atoms with E-state index in [4.69, 9.17) is 0 Å². The van der Waals surface area contributed by atoms with E-state index < -0.39 is 23.2 Å². The SMILES string of the molecule is Cc1csc(CN(C)C(=O)c2cccc(C(=O)N[C@@](C)(c3ccccc3)[C@H](O)CN(C)c3cncc(C(C)(C)F)c3)c2)n1. The number of hydrogen-bond acceptors (Lipinski definition) is 7. The summed E-state index contributed by atoms with van der Waals surface area (Å²) in [5, 5.41) is 17.4. The molecule has 10 heteroatoms. The number of nitrogens with zero attached hydrogens (tertiary/aromatic N) is 4. The van der Waals surface area contributed by atoms with Crippen molar-refractivity contribution in [3.63, 3.8) is 0 Å². The predicted octanol–water partition coefficient (Wildman–Crippen LogP) is 5.47. The molecule has 0 saturated carbocycles. The third-order valence-corrected chi connectivity index (χ3v) is 8.42. The molecule has 0 radical (unpaired) electrons. The van der Waals surface area contributed by atoms with E-state index >= 15 is 0 Å². The Morgan fingerprint density at radius 1 is 1.00 bits per heavy atom. The van der Waals surface area contributed by atoms with E-state index in [0.717, 1.165) is 10.7 Å². The van der Waals surface area contributed by atoms with Gasteiger partial charge in [-0.2, -0.15) is 0 Å². The zero-order valence-electron chi connectivity index (χ0n) is 25.3. The number of likely N-dealkylation sites (N-methyl/N-ethyl adjacent to an activating group) is 1. The fraction of sp³-hybridized carbons (Fsp3) is 0.333. The van der Waals surface area contributed by atoms with Crippen LogP contribution in [0.3, 0.4) is 0 Å². The Morgan fingerprint density at radius 3 is 2.35 bits per heavy atom. The summed E-state index contributed by atoms with van der Waals surface area (Å²) < 4.78 is 14.6. The molecule has 2 atom stereocenters. The molecule has 2 amide bonds. The van der Waals surface area contributed by atoms with Crippen LogP contribution in [0.15, 0.2) is 78.4 Å². The van der Waals surface area contributed by atoms with E-state index in [2.05, 4.69) is 15.3 Å². The number of nitrogens with one attached hydrogen (secondary N) is 1. The number of amides is 2. The van der Waals surface area contributed by atoms with Crippen molar-refractivity contribution in [3.8, 4) is 0 Å². The molecule has 2 N–H and O–H groups in total. The highest BCUT2D eigenvalue weighted by Gasteiger charge is 2.37. The van der Waals surface area contributed by atoms with Crippen LogP contribution in [0, 0.1) is 6.92 Å². The second-order valence-corrected chi connectivity index (χ2v) is 12.4. The first kappa shape index (κ1) is 31.8. The Balaban J connectivity index is 1.55. The number of rotatable bonds is 11. The maximum atomic E-state index is 14.6. The number of aliphatic hydroxyl groups excluding tert-OH is 1. The number of pyridine rings is 1. The summed E-state index contributed by atoms with van der Waals surface area (Å²) in [6, 6.07) is 17.4. The monoisotopic (exact) mass is 603 g/mol. The number of benzene rings is 2. The molecular weight excluding hydrogens is 565 g/mol. The van der Waals surface area contributed by atoms with Gasteiger partial charge in [-0.1, -0.05) is 36.4 Å². The number of aromatic nitrogens is 2. The Labute approximate surface area is 256 Å². The lowest BCUT2D eigenvalue weighted by molar-refractivity contribution is 0.0593. The van der Waals surface area contributed by atoms with Crippen molar-refractivity contribution in [3.05, 3.63) is 111 Å². The fourth-order valence-corrected chi connectivity index (χ4v) is 5.54. The molecule has 2 heterocycles. The lowest BCUT2D eigenvalue weighted by Crippen LogP contribution is -2.55. The van der Waals surface area contributed by atoms with Crippen LogP contribution in [0.4, 0.5) is 10.1 Å². The Hall–Kier alpha value is -4.15. The van der Waals surface area contributed by atoms with E-state index in [0.29, 0.717) is 28.9 Å². The average Bonchev–Trinajstić information content (AvgIpc) is 3.40. The third-order valence-electron chi connectivity index (χ3n) is 7.47. The Kier molecular flexibility index (Phi) is 9.62. The number of anilines is 1. The van der Waals surface area contributed by atoms with E-state index in [1.165, 1.54) is 31.4 Å². The van der Waals surface area contributed by atoms with Crippen molar-refractivity contribution >= 4 is 28.8 Å². The third kappa shape index (κ3) is 7.63. The molecule has 226 valence electrons. The van der Waals surface area contributed by atoms with Crippen molar-refractivity contribution in [2.45, 2.75) is 51.6 Å². The van der Waals surface area contributed by atoms with Gasteiger partial charge in [0.15, 0.2) is 0 Å². The molecule has 0 aliphatic heterocycles. The predicted molar refractivity (Wildman–Crippen MR) is 168 cm³/mol. The number of thiazole rings is 1. The van der Waals surface area contributed by atoms with Gasteiger partial charge in [-0.25, -0.2) is 9.37 Å². The summed E-state index contributed by atoms with van der Waals surface area (Å²) in [4.78, 5) is 38.8. The van der Waals surface area contributed by atoms with Crippen LogP contribution in [-0.2, 0) is 17.8 Å². The molecule has 4 rings (SSSR count). The van der Waals surface area contributed by atoms with Gasteiger partial charge in [0, 0.05) is 54.6 Å². The quantitative estimate of drug-likeness (QED) is 0.236. The summed E-state index contributed by atoms with van der Waals surface area (Å²) in [6.07, 6.45) is 2.01. The Bertz CT molecular complexity index is 1570. The van der Waals surface area contributed by atoms with Crippen molar-refractivity contribution in [2.24, 2.45) is 0 Å². The Morgan fingerprint density at radius 2 is 1.70 bits per heavy atom. The van der Waals surface area contributed by atoms with Crippen LogP contribution in [0.25, 0.3) is 0 Å². The number of alkyl halides is 1. The average molecular weight is 604 g/mol. The molecule has 8 nitrogen and oxygen atoms in total. The summed E-state index contributed by atoms with van der Waals surface area (Å²) in [7, 11) is 3.48. The van der Waals surface area contributed by atoms with Crippen LogP contribution in [0.1, 0.15) is 63.3 Å². The number of aryl methyl sites for hydroxylation is 1. The molecule has 0 spiro atoms. The number of carbonyl (C=O) groups excluding carboxylic acids is 2. The summed E-state index contributed by atoms with van der Waals surface area (Å²) in [5.41, 5.74) is 0.535. The first-order valence-corrected chi connectivity index (χ1v) is 14.8. The zero-order chi connectivity index (χ0) is 31.4. The van der Waals surface area contributed by atoms with Crippen molar-refractivity contribution < 1.29 is 19.1 Å². The van der Waals surface area contributed by atoms with Crippen molar-refractivity contribution in [1.82, 2.24) is 20.2 Å². The van der Waals surface area contributed by atoms with Gasteiger partial charge in [0.05, 0.1) is 30.1 Å². The van der Waals surface area contributed by atoms with Crippen molar-refractivity contribution in [1.29, 1.82) is 0 Å². The topological polar surface area (TPSA) is 98.7 Å². The summed E-state index contributed by atoms with van der Waals surface area (Å²) in [5.74, 6) is -0.675.